The van der Waals surface area contributed by atoms with Gasteiger partial charge < -0.3 is 14.2 Å². The number of benzene rings is 2. The first kappa shape index (κ1) is 21.5. The molecular formula is C19H15Cl4NO3. The van der Waals surface area contributed by atoms with Crippen molar-refractivity contribution in [2.45, 2.75) is 6.42 Å². The summed E-state index contributed by atoms with van der Waals surface area (Å²) in [5.41, 5.74) is 0.491. The third-order valence-electron chi connectivity index (χ3n) is 3.26. The Hall–Kier alpha value is -1.77. The van der Waals surface area contributed by atoms with Gasteiger partial charge in [-0.15, -0.1) is 0 Å². The molecule has 8 heteroatoms. The van der Waals surface area contributed by atoms with Crippen LogP contribution in [0.4, 0.5) is 0 Å². The third-order valence-corrected chi connectivity index (χ3v) is 4.13. The van der Waals surface area contributed by atoms with Crippen molar-refractivity contribution in [1.29, 1.82) is 5.26 Å². The zero-order valence-corrected chi connectivity index (χ0v) is 17.1. The molecule has 0 atom stereocenters. The second-order valence-electron chi connectivity index (χ2n) is 5.18. The Morgan fingerprint density at radius 2 is 1.67 bits per heavy atom. The maximum Gasteiger partial charge on any atom is 0.156 e. The van der Waals surface area contributed by atoms with E-state index in [0.29, 0.717) is 52.5 Å². The number of nitrogens with zero attached hydrogens (tertiary/aromatic N) is 1. The van der Waals surface area contributed by atoms with Gasteiger partial charge in [0.15, 0.2) is 5.75 Å². The summed E-state index contributed by atoms with van der Waals surface area (Å²) in [5.74, 6) is 1.39. The highest BCUT2D eigenvalue weighted by Crippen LogP contribution is 2.37. The first-order chi connectivity index (χ1) is 13.0. The molecule has 2 rings (SSSR count). The van der Waals surface area contributed by atoms with Gasteiger partial charge in [-0.3, -0.25) is 0 Å². The molecule has 0 saturated carbocycles. The molecule has 0 aliphatic heterocycles. The molecule has 0 radical (unpaired) electrons. The number of rotatable bonds is 9. The summed E-state index contributed by atoms with van der Waals surface area (Å²) >= 11 is 23.4. The quantitative estimate of drug-likeness (QED) is 0.417. The van der Waals surface area contributed by atoms with Crippen LogP contribution >= 0.6 is 46.4 Å². The monoisotopic (exact) mass is 445 g/mol. The first-order valence-electron chi connectivity index (χ1n) is 7.89. The van der Waals surface area contributed by atoms with Crippen LogP contribution in [0.1, 0.15) is 12.0 Å². The molecule has 0 bridgehead atoms. The minimum Gasteiger partial charge on any atom is -0.492 e. The smallest absolute Gasteiger partial charge is 0.156 e. The van der Waals surface area contributed by atoms with Gasteiger partial charge in [-0.1, -0.05) is 58.5 Å². The first-order valence-corrected chi connectivity index (χ1v) is 9.40. The van der Waals surface area contributed by atoms with Gasteiger partial charge in [-0.05, 0) is 18.2 Å². The standard InChI is InChI=1S/C19H15Cl4NO3/c20-15-10-14(25-9-6-18(22)23)11-16(21)19(15)27-8-3-7-26-17-5-2-1-4-13(17)12-24/h1-2,4-6,10-11H,3,7-9H2. The Bertz CT molecular complexity index is 822. The van der Waals surface area contributed by atoms with Gasteiger partial charge in [0.25, 0.3) is 0 Å². The van der Waals surface area contributed by atoms with E-state index in [1.165, 1.54) is 6.08 Å². The van der Waals surface area contributed by atoms with Crippen LogP contribution in [0.25, 0.3) is 0 Å². The maximum atomic E-state index is 9.02. The molecule has 0 aliphatic rings. The summed E-state index contributed by atoms with van der Waals surface area (Å²) in [4.78, 5) is 0. The molecule has 0 heterocycles. The normalized spacial score (nSPS) is 10.0. The van der Waals surface area contributed by atoms with E-state index in [2.05, 4.69) is 6.07 Å². The highest BCUT2D eigenvalue weighted by Gasteiger charge is 2.11. The number of hydrogen-bond donors (Lipinski definition) is 0. The molecule has 4 nitrogen and oxygen atoms in total. The average molecular weight is 447 g/mol. The van der Waals surface area contributed by atoms with E-state index in [-0.39, 0.29) is 11.1 Å². The summed E-state index contributed by atoms with van der Waals surface area (Å²) in [7, 11) is 0. The molecule has 0 spiro atoms. The van der Waals surface area contributed by atoms with Crippen molar-refractivity contribution in [3.8, 4) is 23.3 Å². The number of hydrogen-bond acceptors (Lipinski definition) is 4. The maximum absolute atomic E-state index is 9.02. The molecule has 0 saturated heterocycles. The zero-order chi connectivity index (χ0) is 19.6. The summed E-state index contributed by atoms with van der Waals surface area (Å²) in [5, 5.41) is 9.68. The minimum absolute atomic E-state index is 0.117. The van der Waals surface area contributed by atoms with Gasteiger partial charge in [0.05, 0.1) is 28.8 Å². The van der Waals surface area contributed by atoms with E-state index in [4.69, 9.17) is 65.9 Å². The van der Waals surface area contributed by atoms with E-state index in [9.17, 15) is 0 Å². The fraction of sp³-hybridized carbons (Fsp3) is 0.211. The van der Waals surface area contributed by atoms with E-state index in [1.807, 2.05) is 6.07 Å². The van der Waals surface area contributed by atoms with E-state index < -0.39 is 0 Å². The lowest BCUT2D eigenvalue weighted by Gasteiger charge is -2.13. The van der Waals surface area contributed by atoms with Crippen molar-refractivity contribution in [3.05, 3.63) is 62.6 Å². The summed E-state index contributed by atoms with van der Waals surface area (Å²) < 4.78 is 16.8. The Kier molecular flexibility index (Phi) is 8.90. The van der Waals surface area contributed by atoms with Crippen molar-refractivity contribution >= 4 is 46.4 Å². The highest BCUT2D eigenvalue weighted by atomic mass is 35.5. The van der Waals surface area contributed by atoms with Crippen LogP contribution in [-0.2, 0) is 0 Å². The Balaban J connectivity index is 1.83. The lowest BCUT2D eigenvalue weighted by atomic mass is 10.2. The lowest BCUT2D eigenvalue weighted by Crippen LogP contribution is -2.06. The third kappa shape index (κ3) is 7.04. The van der Waals surface area contributed by atoms with E-state index in [1.54, 1.807) is 30.3 Å². The fourth-order valence-electron chi connectivity index (χ4n) is 2.06. The Labute approximate surface area is 177 Å². The number of nitriles is 1. The van der Waals surface area contributed by atoms with Crippen LogP contribution < -0.4 is 14.2 Å². The van der Waals surface area contributed by atoms with Gasteiger partial charge in [0, 0.05) is 18.6 Å². The van der Waals surface area contributed by atoms with Crippen molar-refractivity contribution in [1.82, 2.24) is 0 Å². The van der Waals surface area contributed by atoms with Gasteiger partial charge in [-0.2, -0.15) is 5.26 Å². The summed E-state index contributed by atoms with van der Waals surface area (Å²) in [6.45, 7) is 0.927. The fourth-order valence-corrected chi connectivity index (χ4v) is 2.76. The van der Waals surface area contributed by atoms with Crippen molar-refractivity contribution in [2.24, 2.45) is 0 Å². The van der Waals surface area contributed by atoms with Crippen LogP contribution in [0.5, 0.6) is 17.2 Å². The second-order valence-corrected chi connectivity index (χ2v) is 7.00. The van der Waals surface area contributed by atoms with Crippen molar-refractivity contribution in [3.63, 3.8) is 0 Å². The Morgan fingerprint density at radius 1 is 1.00 bits per heavy atom. The van der Waals surface area contributed by atoms with Crippen LogP contribution in [0, 0.1) is 11.3 Å². The topological polar surface area (TPSA) is 51.5 Å². The van der Waals surface area contributed by atoms with Crippen LogP contribution in [0.2, 0.25) is 10.0 Å². The molecule has 2 aromatic rings. The summed E-state index contributed by atoms with van der Waals surface area (Å²) in [6, 6.07) is 12.3. The largest absolute Gasteiger partial charge is 0.492 e. The van der Waals surface area contributed by atoms with Crippen LogP contribution in [0.3, 0.4) is 0 Å². The van der Waals surface area contributed by atoms with Crippen molar-refractivity contribution in [2.75, 3.05) is 19.8 Å². The Morgan fingerprint density at radius 3 is 2.33 bits per heavy atom. The molecule has 0 amide bonds. The molecule has 0 unspecified atom stereocenters. The number of ether oxygens (including phenoxy) is 3. The van der Waals surface area contributed by atoms with E-state index >= 15 is 0 Å². The highest BCUT2D eigenvalue weighted by molar-refractivity contribution is 6.55. The van der Waals surface area contributed by atoms with Crippen LogP contribution in [0.15, 0.2) is 47.0 Å². The van der Waals surface area contributed by atoms with E-state index in [0.717, 1.165) is 0 Å². The lowest BCUT2D eigenvalue weighted by molar-refractivity contribution is 0.247. The number of para-hydroxylation sites is 1. The molecule has 142 valence electrons. The van der Waals surface area contributed by atoms with Gasteiger partial charge >= 0.3 is 0 Å². The molecule has 2 aromatic carbocycles. The predicted octanol–water partition coefficient (Wildman–Crippen LogP) is 6.41. The molecule has 0 fully saturated rings. The second kappa shape index (κ2) is 11.2. The van der Waals surface area contributed by atoms with Gasteiger partial charge in [0.1, 0.15) is 28.7 Å². The molecule has 0 N–H and O–H groups in total. The minimum atomic E-state index is 0.117. The van der Waals surface area contributed by atoms with Crippen LogP contribution in [-0.4, -0.2) is 19.8 Å². The average Bonchev–Trinajstić information content (AvgIpc) is 2.63. The molecule has 27 heavy (non-hydrogen) atoms. The van der Waals surface area contributed by atoms with Crippen molar-refractivity contribution < 1.29 is 14.2 Å². The molecule has 0 aromatic heterocycles. The molecule has 0 aliphatic carbocycles. The predicted molar refractivity (Wildman–Crippen MR) is 109 cm³/mol. The zero-order valence-electron chi connectivity index (χ0n) is 14.1. The SMILES string of the molecule is N#Cc1ccccc1OCCCOc1c(Cl)cc(OCC=C(Cl)Cl)cc1Cl. The summed E-state index contributed by atoms with van der Waals surface area (Å²) in [6.07, 6.45) is 2.09. The van der Waals surface area contributed by atoms with Gasteiger partial charge in [-0.25, -0.2) is 0 Å². The number of halogens is 4. The molecular weight excluding hydrogens is 432 g/mol. The van der Waals surface area contributed by atoms with Gasteiger partial charge in [0.2, 0.25) is 0 Å².